The molecule has 0 bridgehead atoms. The van der Waals surface area contributed by atoms with E-state index in [9.17, 15) is 18.0 Å². The minimum atomic E-state index is -3.48. The van der Waals surface area contributed by atoms with Crippen LogP contribution < -0.4 is 15.4 Å². The van der Waals surface area contributed by atoms with E-state index in [2.05, 4.69) is 15.4 Å². The molecule has 1 saturated heterocycles. The third kappa shape index (κ3) is 5.80. The molecule has 8 nitrogen and oxygen atoms in total. The van der Waals surface area contributed by atoms with Gasteiger partial charge >= 0.3 is 0 Å². The molecular formula is C21H25N3O5S. The van der Waals surface area contributed by atoms with Crippen LogP contribution in [0, 0.1) is 6.92 Å². The lowest BCUT2D eigenvalue weighted by molar-refractivity contribution is 0.0858. The van der Waals surface area contributed by atoms with Gasteiger partial charge in [0.25, 0.3) is 11.8 Å². The first-order valence-corrected chi connectivity index (χ1v) is 11.5. The number of hydrogen-bond acceptors (Lipinski definition) is 5. The number of rotatable bonds is 7. The Labute approximate surface area is 176 Å². The average Bonchev–Trinajstić information content (AvgIpc) is 3.21. The summed E-state index contributed by atoms with van der Waals surface area (Å²) in [4.78, 5) is 25.3. The molecule has 0 aromatic heterocycles. The number of hydrogen-bond donors (Lipinski definition) is 3. The molecule has 160 valence electrons. The van der Waals surface area contributed by atoms with Gasteiger partial charge in [0, 0.05) is 18.7 Å². The molecule has 3 rings (SSSR count). The average molecular weight is 432 g/mol. The fraction of sp³-hybridized carbons (Fsp3) is 0.333. The molecule has 1 fully saturated rings. The molecule has 0 aliphatic carbocycles. The monoisotopic (exact) mass is 431 g/mol. The predicted octanol–water partition coefficient (Wildman–Crippen LogP) is 2.53. The maximum atomic E-state index is 12.7. The van der Waals surface area contributed by atoms with E-state index in [0.29, 0.717) is 35.7 Å². The van der Waals surface area contributed by atoms with Crippen molar-refractivity contribution in [1.82, 2.24) is 5.32 Å². The van der Waals surface area contributed by atoms with Crippen LogP contribution in [-0.4, -0.2) is 45.7 Å². The van der Waals surface area contributed by atoms with Gasteiger partial charge in [0.2, 0.25) is 10.0 Å². The summed E-state index contributed by atoms with van der Waals surface area (Å²) in [7, 11) is -3.48. The van der Waals surface area contributed by atoms with Crippen molar-refractivity contribution in [3.63, 3.8) is 0 Å². The summed E-state index contributed by atoms with van der Waals surface area (Å²) >= 11 is 0. The summed E-state index contributed by atoms with van der Waals surface area (Å²) in [6.45, 7) is 2.86. The van der Waals surface area contributed by atoms with E-state index < -0.39 is 15.9 Å². The molecule has 1 aliphatic rings. The van der Waals surface area contributed by atoms with Gasteiger partial charge in [-0.15, -0.1) is 0 Å². The minimum Gasteiger partial charge on any atom is -0.376 e. The molecule has 2 aromatic carbocycles. The third-order valence-corrected chi connectivity index (χ3v) is 5.32. The molecule has 30 heavy (non-hydrogen) atoms. The van der Waals surface area contributed by atoms with E-state index in [4.69, 9.17) is 4.74 Å². The minimum absolute atomic E-state index is 0.0176. The van der Waals surface area contributed by atoms with Crippen LogP contribution in [0.1, 0.15) is 39.1 Å². The zero-order valence-corrected chi connectivity index (χ0v) is 17.7. The Morgan fingerprint density at radius 3 is 2.57 bits per heavy atom. The van der Waals surface area contributed by atoms with Crippen LogP contribution in [0.2, 0.25) is 0 Å². The molecule has 1 heterocycles. The maximum absolute atomic E-state index is 12.7. The van der Waals surface area contributed by atoms with Gasteiger partial charge in [0.05, 0.1) is 29.3 Å². The Bertz CT molecular complexity index is 1050. The van der Waals surface area contributed by atoms with E-state index in [-0.39, 0.29) is 17.6 Å². The molecule has 0 spiro atoms. The van der Waals surface area contributed by atoms with E-state index >= 15 is 0 Å². The van der Waals surface area contributed by atoms with Gasteiger partial charge in [-0.3, -0.25) is 14.3 Å². The van der Waals surface area contributed by atoms with Crippen LogP contribution >= 0.6 is 0 Å². The topological polar surface area (TPSA) is 114 Å². The lowest BCUT2D eigenvalue weighted by Crippen LogP contribution is -2.32. The second kappa shape index (κ2) is 9.27. The fourth-order valence-electron chi connectivity index (χ4n) is 3.16. The SMILES string of the molecule is Cc1ccc(C(=O)Nc2ccccc2C(=O)NC[C@@H]2CCCO2)cc1NS(C)(=O)=O. The number of sulfonamides is 1. The molecule has 9 heteroatoms. The molecule has 1 aliphatic heterocycles. The van der Waals surface area contributed by atoms with Crippen molar-refractivity contribution >= 4 is 33.2 Å². The molecule has 0 saturated carbocycles. The normalized spacial score (nSPS) is 16.1. The number of para-hydroxylation sites is 1. The molecule has 0 unspecified atom stereocenters. The molecule has 0 radical (unpaired) electrons. The first-order chi connectivity index (χ1) is 14.2. The van der Waals surface area contributed by atoms with Crippen molar-refractivity contribution in [3.05, 3.63) is 59.2 Å². The Morgan fingerprint density at radius 1 is 1.10 bits per heavy atom. The van der Waals surface area contributed by atoms with E-state index in [1.54, 1.807) is 43.3 Å². The van der Waals surface area contributed by atoms with E-state index in [0.717, 1.165) is 19.1 Å². The predicted molar refractivity (Wildman–Crippen MR) is 115 cm³/mol. The van der Waals surface area contributed by atoms with Crippen molar-refractivity contribution < 1.29 is 22.7 Å². The standard InChI is InChI=1S/C21H25N3O5S/c1-14-9-10-15(12-19(14)24-30(2,27)28)20(25)23-18-8-4-3-7-17(18)21(26)22-13-16-6-5-11-29-16/h3-4,7-10,12,16,24H,5-6,11,13H2,1-2H3,(H,22,26)(H,23,25)/t16-/m0/s1. The zero-order valence-electron chi connectivity index (χ0n) is 16.9. The summed E-state index contributed by atoms with van der Waals surface area (Å²) in [6, 6.07) is 11.4. The van der Waals surface area contributed by atoms with E-state index in [1.807, 2.05) is 0 Å². The van der Waals surface area contributed by atoms with Gasteiger partial charge in [0.15, 0.2) is 0 Å². The Balaban J connectivity index is 1.74. The molecular weight excluding hydrogens is 406 g/mol. The van der Waals surface area contributed by atoms with Gasteiger partial charge in [-0.2, -0.15) is 0 Å². The van der Waals surface area contributed by atoms with Gasteiger partial charge in [-0.05, 0) is 49.6 Å². The van der Waals surface area contributed by atoms with Crippen LogP contribution in [0.4, 0.5) is 11.4 Å². The molecule has 3 N–H and O–H groups in total. The smallest absolute Gasteiger partial charge is 0.255 e. The molecule has 2 amide bonds. The van der Waals surface area contributed by atoms with Crippen LogP contribution in [-0.2, 0) is 14.8 Å². The van der Waals surface area contributed by atoms with Gasteiger partial charge < -0.3 is 15.4 Å². The first kappa shape index (κ1) is 21.8. The largest absolute Gasteiger partial charge is 0.376 e. The van der Waals surface area contributed by atoms with Gasteiger partial charge in [-0.25, -0.2) is 8.42 Å². The maximum Gasteiger partial charge on any atom is 0.255 e. The van der Waals surface area contributed by atoms with Crippen LogP contribution in [0.25, 0.3) is 0 Å². The highest BCUT2D eigenvalue weighted by Gasteiger charge is 2.19. The third-order valence-electron chi connectivity index (χ3n) is 4.73. The van der Waals surface area contributed by atoms with Gasteiger partial charge in [0.1, 0.15) is 0 Å². The van der Waals surface area contributed by atoms with Gasteiger partial charge in [-0.1, -0.05) is 18.2 Å². The van der Waals surface area contributed by atoms with Crippen LogP contribution in [0.15, 0.2) is 42.5 Å². The second-order valence-electron chi connectivity index (χ2n) is 7.25. The van der Waals surface area contributed by atoms with Crippen molar-refractivity contribution in [3.8, 4) is 0 Å². The zero-order chi connectivity index (χ0) is 21.7. The number of anilines is 2. The number of benzene rings is 2. The second-order valence-corrected chi connectivity index (χ2v) is 9.00. The Morgan fingerprint density at radius 2 is 1.87 bits per heavy atom. The fourth-order valence-corrected chi connectivity index (χ4v) is 3.78. The van der Waals surface area contributed by atoms with Crippen LogP contribution in [0.5, 0.6) is 0 Å². The number of ether oxygens (including phenoxy) is 1. The number of aryl methyl sites for hydroxylation is 1. The Hall–Kier alpha value is -2.91. The number of carbonyl (C=O) groups excluding carboxylic acids is 2. The summed E-state index contributed by atoms with van der Waals surface area (Å²) in [5, 5.41) is 5.58. The molecule has 2 aromatic rings. The summed E-state index contributed by atoms with van der Waals surface area (Å²) in [6.07, 6.45) is 2.96. The summed E-state index contributed by atoms with van der Waals surface area (Å²) in [5.41, 5.74) is 1.98. The van der Waals surface area contributed by atoms with Crippen molar-refractivity contribution in [2.45, 2.75) is 25.9 Å². The highest BCUT2D eigenvalue weighted by atomic mass is 32.2. The van der Waals surface area contributed by atoms with E-state index in [1.165, 1.54) is 6.07 Å². The Kier molecular flexibility index (Phi) is 6.73. The van der Waals surface area contributed by atoms with Crippen molar-refractivity contribution in [2.24, 2.45) is 0 Å². The lowest BCUT2D eigenvalue weighted by atomic mass is 10.1. The first-order valence-electron chi connectivity index (χ1n) is 9.61. The molecule has 1 atom stereocenters. The lowest BCUT2D eigenvalue weighted by Gasteiger charge is -2.14. The van der Waals surface area contributed by atoms with Crippen molar-refractivity contribution in [2.75, 3.05) is 29.4 Å². The van der Waals surface area contributed by atoms with Crippen LogP contribution in [0.3, 0.4) is 0 Å². The summed E-state index contributed by atoms with van der Waals surface area (Å²) in [5.74, 6) is -0.754. The number of carbonyl (C=O) groups is 2. The quantitative estimate of drug-likeness (QED) is 0.623. The highest BCUT2D eigenvalue weighted by molar-refractivity contribution is 7.92. The highest BCUT2D eigenvalue weighted by Crippen LogP contribution is 2.21. The summed E-state index contributed by atoms with van der Waals surface area (Å²) < 4.78 is 31.0. The van der Waals surface area contributed by atoms with Crippen molar-refractivity contribution in [1.29, 1.82) is 0 Å². The number of amides is 2. The number of nitrogens with one attached hydrogen (secondary N) is 3.